The van der Waals surface area contributed by atoms with Crippen LogP contribution in [0.3, 0.4) is 0 Å². The van der Waals surface area contributed by atoms with Gasteiger partial charge in [0.2, 0.25) is 0 Å². The Morgan fingerprint density at radius 2 is 1.74 bits per heavy atom. The minimum absolute atomic E-state index is 0.0359. The average Bonchev–Trinajstić information content (AvgIpc) is 3.00. The first-order valence-electron chi connectivity index (χ1n) is 9.40. The SMILES string of the molecule is C=C(C)C(=O)Oc1cc(O)cc2c1C1(OC(=O)c3ccccc31)c1ccc(O)cc1O2. The Hall–Kier alpha value is -4.26. The third-order valence-corrected chi connectivity index (χ3v) is 5.29. The van der Waals surface area contributed by atoms with Crippen molar-refractivity contribution in [2.45, 2.75) is 12.5 Å². The molecule has 0 saturated heterocycles. The molecule has 1 unspecified atom stereocenters. The topological polar surface area (TPSA) is 102 Å². The minimum atomic E-state index is -1.51. The lowest BCUT2D eigenvalue weighted by atomic mass is 9.77. The molecule has 31 heavy (non-hydrogen) atoms. The number of hydrogen-bond donors (Lipinski definition) is 2. The molecule has 3 aromatic rings. The van der Waals surface area contributed by atoms with Crippen LogP contribution in [-0.2, 0) is 15.1 Å². The molecule has 2 aliphatic rings. The number of aromatic hydroxyl groups is 2. The highest BCUT2D eigenvalue weighted by molar-refractivity contribution is 5.97. The van der Waals surface area contributed by atoms with Gasteiger partial charge >= 0.3 is 11.9 Å². The lowest BCUT2D eigenvalue weighted by molar-refractivity contribution is -0.130. The van der Waals surface area contributed by atoms with E-state index in [2.05, 4.69) is 6.58 Å². The van der Waals surface area contributed by atoms with Crippen LogP contribution in [0.2, 0.25) is 0 Å². The van der Waals surface area contributed by atoms with Crippen LogP contribution in [0.15, 0.2) is 66.7 Å². The van der Waals surface area contributed by atoms with Crippen molar-refractivity contribution in [3.05, 3.63) is 89.0 Å². The molecule has 5 rings (SSSR count). The van der Waals surface area contributed by atoms with Gasteiger partial charge in [-0.25, -0.2) is 9.59 Å². The van der Waals surface area contributed by atoms with E-state index in [1.165, 1.54) is 31.2 Å². The predicted molar refractivity (Wildman–Crippen MR) is 108 cm³/mol. The Morgan fingerprint density at radius 1 is 1.00 bits per heavy atom. The van der Waals surface area contributed by atoms with Gasteiger partial charge in [-0.1, -0.05) is 24.8 Å². The maximum absolute atomic E-state index is 12.9. The quantitative estimate of drug-likeness (QED) is 0.368. The summed E-state index contributed by atoms with van der Waals surface area (Å²) < 4.78 is 17.4. The first-order chi connectivity index (χ1) is 14.8. The molecule has 7 nitrogen and oxygen atoms in total. The van der Waals surface area contributed by atoms with Gasteiger partial charge in [-0.15, -0.1) is 0 Å². The van der Waals surface area contributed by atoms with E-state index in [0.29, 0.717) is 16.7 Å². The molecule has 0 fully saturated rings. The Bertz CT molecular complexity index is 1310. The second kappa shape index (κ2) is 6.37. The van der Waals surface area contributed by atoms with Crippen LogP contribution in [0.1, 0.15) is 34.0 Å². The van der Waals surface area contributed by atoms with Gasteiger partial charge in [0.25, 0.3) is 0 Å². The zero-order chi connectivity index (χ0) is 21.9. The molecule has 0 saturated carbocycles. The average molecular weight is 416 g/mol. The predicted octanol–water partition coefficient (Wildman–Crippen LogP) is 4.15. The van der Waals surface area contributed by atoms with E-state index in [0.717, 1.165) is 0 Å². The van der Waals surface area contributed by atoms with E-state index in [1.807, 2.05) is 0 Å². The van der Waals surface area contributed by atoms with Crippen molar-refractivity contribution < 1.29 is 34.0 Å². The van der Waals surface area contributed by atoms with Crippen molar-refractivity contribution in [2.75, 3.05) is 0 Å². The largest absolute Gasteiger partial charge is 0.508 e. The van der Waals surface area contributed by atoms with Crippen molar-refractivity contribution in [2.24, 2.45) is 0 Å². The van der Waals surface area contributed by atoms with Crippen LogP contribution in [0.4, 0.5) is 0 Å². The number of phenolic OH excluding ortho intramolecular Hbond substituents is 2. The molecule has 2 aliphatic heterocycles. The summed E-state index contributed by atoms with van der Waals surface area (Å²) >= 11 is 0. The summed E-state index contributed by atoms with van der Waals surface area (Å²) in [6.45, 7) is 5.08. The molecule has 3 aromatic carbocycles. The summed E-state index contributed by atoms with van der Waals surface area (Å²) in [5.41, 5.74) is 0.195. The van der Waals surface area contributed by atoms with Crippen molar-refractivity contribution in [3.63, 3.8) is 0 Å². The lowest BCUT2D eigenvalue weighted by Gasteiger charge is -2.37. The van der Waals surface area contributed by atoms with Gasteiger partial charge in [0.15, 0.2) is 5.60 Å². The molecule has 1 spiro atoms. The highest BCUT2D eigenvalue weighted by atomic mass is 16.6. The van der Waals surface area contributed by atoms with E-state index in [4.69, 9.17) is 14.2 Å². The van der Waals surface area contributed by atoms with Gasteiger partial charge in [0, 0.05) is 34.9 Å². The smallest absolute Gasteiger partial charge is 0.340 e. The summed E-state index contributed by atoms with van der Waals surface area (Å²) in [7, 11) is 0. The molecule has 1 atom stereocenters. The zero-order valence-electron chi connectivity index (χ0n) is 16.3. The third-order valence-electron chi connectivity index (χ3n) is 5.29. The van der Waals surface area contributed by atoms with Crippen molar-refractivity contribution >= 4 is 11.9 Å². The van der Waals surface area contributed by atoms with Gasteiger partial charge < -0.3 is 24.4 Å². The lowest BCUT2D eigenvalue weighted by Crippen LogP contribution is -2.34. The summed E-state index contributed by atoms with van der Waals surface area (Å²) in [6.07, 6.45) is 0. The van der Waals surface area contributed by atoms with E-state index in [9.17, 15) is 19.8 Å². The van der Waals surface area contributed by atoms with E-state index >= 15 is 0 Å². The summed E-state index contributed by atoms with van der Waals surface area (Å²) in [6, 6.07) is 13.9. The summed E-state index contributed by atoms with van der Waals surface area (Å²) in [5.74, 6) is -1.23. The fourth-order valence-electron chi connectivity index (χ4n) is 4.01. The number of rotatable bonds is 2. The maximum atomic E-state index is 12.9. The summed E-state index contributed by atoms with van der Waals surface area (Å²) in [5, 5.41) is 20.2. The highest BCUT2D eigenvalue weighted by Crippen LogP contribution is 2.59. The number of carbonyl (C=O) groups is 2. The van der Waals surface area contributed by atoms with Crippen LogP contribution in [0.25, 0.3) is 0 Å². The molecule has 0 amide bonds. The van der Waals surface area contributed by atoms with Crippen molar-refractivity contribution in [1.82, 2.24) is 0 Å². The molecule has 2 heterocycles. The van der Waals surface area contributed by atoms with Gasteiger partial charge in [-0.3, -0.25) is 0 Å². The number of phenols is 2. The standard InChI is InChI=1S/C24H16O7/c1-12(2)22(27)30-20-11-14(26)10-19-21(20)24(17-8-7-13(25)9-18(17)29-19)16-6-4-3-5-15(16)23(28)31-24/h3-11,25-26H,1H2,2H3. The zero-order valence-corrected chi connectivity index (χ0v) is 16.3. The normalized spacial score (nSPS) is 17.8. The monoisotopic (exact) mass is 416 g/mol. The number of ether oxygens (including phenoxy) is 3. The molecule has 7 heteroatoms. The van der Waals surface area contributed by atoms with E-state index in [1.54, 1.807) is 30.3 Å². The fourth-order valence-corrected chi connectivity index (χ4v) is 4.01. The number of fused-ring (bicyclic) bond motifs is 6. The second-order valence-corrected chi connectivity index (χ2v) is 7.39. The summed E-state index contributed by atoms with van der Waals surface area (Å²) in [4.78, 5) is 25.2. The van der Waals surface area contributed by atoms with Crippen LogP contribution in [0.5, 0.6) is 28.7 Å². The molecular formula is C24H16O7. The van der Waals surface area contributed by atoms with Crippen LogP contribution >= 0.6 is 0 Å². The fraction of sp³-hybridized carbons (Fsp3) is 0.0833. The van der Waals surface area contributed by atoms with Crippen LogP contribution in [-0.4, -0.2) is 22.2 Å². The van der Waals surface area contributed by atoms with Crippen molar-refractivity contribution in [1.29, 1.82) is 0 Å². The highest BCUT2D eigenvalue weighted by Gasteiger charge is 2.55. The number of hydrogen-bond acceptors (Lipinski definition) is 7. The van der Waals surface area contributed by atoms with Gasteiger partial charge in [-0.2, -0.15) is 0 Å². The molecule has 154 valence electrons. The van der Waals surface area contributed by atoms with Crippen molar-refractivity contribution in [3.8, 4) is 28.7 Å². The Labute approximate surface area is 176 Å². The first-order valence-corrected chi connectivity index (χ1v) is 9.40. The minimum Gasteiger partial charge on any atom is -0.508 e. The molecule has 0 aromatic heterocycles. The van der Waals surface area contributed by atoms with Gasteiger partial charge in [0.05, 0.1) is 11.1 Å². The van der Waals surface area contributed by atoms with E-state index < -0.39 is 17.5 Å². The molecule has 0 bridgehead atoms. The molecule has 0 aliphatic carbocycles. The van der Waals surface area contributed by atoms with Crippen LogP contribution in [0, 0.1) is 0 Å². The second-order valence-electron chi connectivity index (χ2n) is 7.39. The third kappa shape index (κ3) is 2.60. The molecular weight excluding hydrogens is 400 g/mol. The van der Waals surface area contributed by atoms with Gasteiger partial charge in [0.1, 0.15) is 28.7 Å². The Morgan fingerprint density at radius 3 is 2.52 bits per heavy atom. The number of benzene rings is 3. The maximum Gasteiger partial charge on any atom is 0.340 e. The first kappa shape index (κ1) is 18.7. The number of esters is 2. The molecule has 0 radical (unpaired) electrons. The Kier molecular flexibility index (Phi) is 3.85. The van der Waals surface area contributed by atoms with Gasteiger partial charge in [-0.05, 0) is 25.1 Å². The number of carbonyl (C=O) groups excluding carboxylic acids is 2. The Balaban J connectivity index is 1.88. The van der Waals surface area contributed by atoms with E-state index in [-0.39, 0.29) is 39.9 Å². The van der Waals surface area contributed by atoms with Crippen LogP contribution < -0.4 is 9.47 Å². The molecule has 2 N–H and O–H groups in total.